The van der Waals surface area contributed by atoms with Gasteiger partial charge in [-0.2, -0.15) is 0 Å². The van der Waals surface area contributed by atoms with Crippen molar-refractivity contribution in [1.29, 1.82) is 0 Å². The van der Waals surface area contributed by atoms with E-state index in [1.54, 1.807) is 31.2 Å². The van der Waals surface area contributed by atoms with Crippen molar-refractivity contribution in [3.63, 3.8) is 0 Å². The topological polar surface area (TPSA) is 137 Å². The number of esters is 2. The van der Waals surface area contributed by atoms with Crippen LogP contribution in [0.4, 0.5) is 10.8 Å². The first-order valence-electron chi connectivity index (χ1n) is 10.1. The quantitative estimate of drug-likeness (QED) is 0.486. The molecular formula is C21H26N4O6S. The molecule has 0 spiro atoms. The number of benzene rings is 1. The van der Waals surface area contributed by atoms with E-state index < -0.39 is 24.5 Å². The molecule has 0 aliphatic heterocycles. The van der Waals surface area contributed by atoms with Gasteiger partial charge in [0.05, 0.1) is 12.2 Å². The standard InChI is InChI=1S/C21H26N4O6S/c1-13(2)11-31-20(29)15-7-9-16(10-8-15)22-18(27)12-30-19(28)6-4-5-17(26)23-21-25-24-14(3)32-21/h7-10,13H,4-6,11-12H2,1-3H3,(H,22,27)(H,23,25,26). The highest BCUT2D eigenvalue weighted by atomic mass is 32.1. The SMILES string of the molecule is Cc1nnc(NC(=O)CCCC(=O)OCC(=O)Nc2ccc(C(=O)OCC(C)C)cc2)s1. The summed E-state index contributed by atoms with van der Waals surface area (Å²) in [6.45, 7) is 5.54. The second-order valence-electron chi connectivity index (χ2n) is 7.31. The average Bonchev–Trinajstić information content (AvgIpc) is 3.15. The van der Waals surface area contributed by atoms with Crippen molar-refractivity contribution in [2.24, 2.45) is 5.92 Å². The summed E-state index contributed by atoms with van der Waals surface area (Å²) in [5, 5.41) is 13.9. The van der Waals surface area contributed by atoms with Crippen molar-refractivity contribution in [3.05, 3.63) is 34.8 Å². The van der Waals surface area contributed by atoms with Gasteiger partial charge in [0.1, 0.15) is 5.01 Å². The van der Waals surface area contributed by atoms with Gasteiger partial charge in [0, 0.05) is 18.5 Å². The molecule has 11 heteroatoms. The molecule has 0 bridgehead atoms. The highest BCUT2D eigenvalue weighted by Gasteiger charge is 2.12. The number of nitrogens with one attached hydrogen (secondary N) is 2. The van der Waals surface area contributed by atoms with E-state index in [1.165, 1.54) is 11.3 Å². The van der Waals surface area contributed by atoms with E-state index >= 15 is 0 Å². The summed E-state index contributed by atoms with van der Waals surface area (Å²) < 4.78 is 10.1. The van der Waals surface area contributed by atoms with Crippen LogP contribution in [0.1, 0.15) is 48.5 Å². The van der Waals surface area contributed by atoms with Gasteiger partial charge in [-0.25, -0.2) is 4.79 Å². The van der Waals surface area contributed by atoms with E-state index in [0.717, 1.165) is 5.01 Å². The fourth-order valence-electron chi connectivity index (χ4n) is 2.35. The van der Waals surface area contributed by atoms with E-state index in [2.05, 4.69) is 20.8 Å². The second kappa shape index (κ2) is 12.5. The number of hydrogen-bond acceptors (Lipinski definition) is 9. The lowest BCUT2D eigenvalue weighted by Gasteiger charge is -2.09. The number of ether oxygens (including phenoxy) is 2. The van der Waals surface area contributed by atoms with Crippen LogP contribution in [0.5, 0.6) is 0 Å². The number of aryl methyl sites for hydroxylation is 1. The molecule has 1 heterocycles. The predicted molar refractivity (Wildman–Crippen MR) is 118 cm³/mol. The van der Waals surface area contributed by atoms with Gasteiger partial charge in [-0.3, -0.25) is 14.4 Å². The zero-order valence-corrected chi connectivity index (χ0v) is 19.0. The van der Waals surface area contributed by atoms with Gasteiger partial charge in [-0.05, 0) is 43.5 Å². The molecule has 0 saturated heterocycles. The largest absolute Gasteiger partial charge is 0.462 e. The van der Waals surface area contributed by atoms with Gasteiger partial charge >= 0.3 is 11.9 Å². The zero-order valence-electron chi connectivity index (χ0n) is 18.2. The lowest BCUT2D eigenvalue weighted by atomic mass is 10.2. The number of hydrogen-bond donors (Lipinski definition) is 2. The number of amides is 2. The summed E-state index contributed by atoms with van der Waals surface area (Å²) >= 11 is 1.26. The van der Waals surface area contributed by atoms with Crippen LogP contribution in [0.2, 0.25) is 0 Å². The molecule has 1 aromatic heterocycles. The lowest BCUT2D eigenvalue weighted by molar-refractivity contribution is -0.147. The van der Waals surface area contributed by atoms with Crippen LogP contribution in [0.15, 0.2) is 24.3 Å². The fraction of sp³-hybridized carbons (Fsp3) is 0.429. The Labute approximate surface area is 189 Å². The molecule has 2 aromatic rings. The third kappa shape index (κ3) is 9.21. The Kier molecular flexibility index (Phi) is 9.74. The van der Waals surface area contributed by atoms with Gasteiger partial charge in [0.2, 0.25) is 11.0 Å². The van der Waals surface area contributed by atoms with Crippen molar-refractivity contribution in [2.75, 3.05) is 23.8 Å². The minimum absolute atomic E-state index is 0.00301. The Morgan fingerprint density at radius 2 is 1.69 bits per heavy atom. The smallest absolute Gasteiger partial charge is 0.338 e. The maximum atomic E-state index is 11.9. The molecule has 0 fully saturated rings. The number of rotatable bonds is 11. The molecule has 0 radical (unpaired) electrons. The van der Waals surface area contributed by atoms with Crippen LogP contribution in [0, 0.1) is 12.8 Å². The molecule has 2 N–H and O–H groups in total. The van der Waals surface area contributed by atoms with Gasteiger partial charge in [-0.15, -0.1) is 10.2 Å². The average molecular weight is 463 g/mol. The first-order valence-corrected chi connectivity index (χ1v) is 10.9. The molecule has 0 unspecified atom stereocenters. The summed E-state index contributed by atoms with van der Waals surface area (Å²) in [7, 11) is 0. The molecule has 2 amide bonds. The molecule has 10 nitrogen and oxygen atoms in total. The molecule has 32 heavy (non-hydrogen) atoms. The van der Waals surface area contributed by atoms with Crippen LogP contribution in [-0.2, 0) is 23.9 Å². The summed E-state index contributed by atoms with van der Waals surface area (Å²) in [6.07, 6.45) is 0.396. The Morgan fingerprint density at radius 1 is 0.969 bits per heavy atom. The van der Waals surface area contributed by atoms with Crippen LogP contribution in [-0.4, -0.2) is 47.2 Å². The number of carbonyl (C=O) groups is 4. The third-order valence-corrected chi connectivity index (χ3v) is 4.63. The van der Waals surface area contributed by atoms with Crippen molar-refractivity contribution in [3.8, 4) is 0 Å². The molecule has 0 aliphatic carbocycles. The predicted octanol–water partition coefficient (Wildman–Crippen LogP) is 2.95. The Hall–Kier alpha value is -3.34. The Balaban J connectivity index is 1.64. The normalized spacial score (nSPS) is 10.5. The van der Waals surface area contributed by atoms with Crippen LogP contribution in [0.25, 0.3) is 0 Å². The maximum Gasteiger partial charge on any atom is 0.338 e. The van der Waals surface area contributed by atoms with Crippen molar-refractivity contribution < 1.29 is 28.7 Å². The number of aromatic nitrogens is 2. The minimum atomic E-state index is -0.581. The molecule has 0 aliphatic rings. The van der Waals surface area contributed by atoms with Gasteiger partial charge < -0.3 is 20.1 Å². The summed E-state index contributed by atoms with van der Waals surface area (Å²) in [5.41, 5.74) is 0.829. The fourth-order valence-corrected chi connectivity index (χ4v) is 2.96. The number of carbonyl (C=O) groups excluding carboxylic acids is 4. The van der Waals surface area contributed by atoms with E-state index in [1.807, 2.05) is 13.8 Å². The highest BCUT2D eigenvalue weighted by Crippen LogP contribution is 2.14. The van der Waals surface area contributed by atoms with Gasteiger partial charge in [0.25, 0.3) is 5.91 Å². The van der Waals surface area contributed by atoms with Crippen LogP contribution < -0.4 is 10.6 Å². The molecule has 0 atom stereocenters. The van der Waals surface area contributed by atoms with Gasteiger partial charge in [-0.1, -0.05) is 25.2 Å². The van der Waals surface area contributed by atoms with E-state index in [-0.39, 0.29) is 31.1 Å². The number of nitrogens with zero attached hydrogens (tertiary/aromatic N) is 2. The van der Waals surface area contributed by atoms with E-state index in [9.17, 15) is 19.2 Å². The molecule has 172 valence electrons. The van der Waals surface area contributed by atoms with E-state index in [4.69, 9.17) is 9.47 Å². The number of anilines is 2. The molecular weight excluding hydrogens is 436 g/mol. The Morgan fingerprint density at radius 3 is 2.31 bits per heavy atom. The first-order chi connectivity index (χ1) is 15.2. The van der Waals surface area contributed by atoms with Gasteiger partial charge in [0.15, 0.2) is 6.61 Å². The monoisotopic (exact) mass is 462 g/mol. The summed E-state index contributed by atoms with van der Waals surface area (Å²) in [6, 6.07) is 6.20. The zero-order chi connectivity index (χ0) is 23.5. The van der Waals surface area contributed by atoms with E-state index in [0.29, 0.717) is 23.0 Å². The second-order valence-corrected chi connectivity index (χ2v) is 8.49. The van der Waals surface area contributed by atoms with Crippen molar-refractivity contribution in [1.82, 2.24) is 10.2 Å². The first kappa shape index (κ1) is 24.9. The minimum Gasteiger partial charge on any atom is -0.462 e. The van der Waals surface area contributed by atoms with Crippen molar-refractivity contribution in [2.45, 2.75) is 40.0 Å². The van der Waals surface area contributed by atoms with Crippen LogP contribution in [0.3, 0.4) is 0 Å². The molecule has 1 aromatic carbocycles. The maximum absolute atomic E-state index is 11.9. The van der Waals surface area contributed by atoms with Crippen molar-refractivity contribution >= 4 is 45.9 Å². The molecule has 2 rings (SSSR count). The summed E-state index contributed by atoms with van der Waals surface area (Å²) in [5.74, 6) is -1.57. The third-order valence-electron chi connectivity index (χ3n) is 3.87. The highest BCUT2D eigenvalue weighted by molar-refractivity contribution is 7.15. The summed E-state index contributed by atoms with van der Waals surface area (Å²) in [4.78, 5) is 47.4. The molecule has 0 saturated carbocycles. The van der Waals surface area contributed by atoms with Crippen LogP contribution >= 0.6 is 11.3 Å². The lowest BCUT2D eigenvalue weighted by Crippen LogP contribution is -2.21. The Bertz CT molecular complexity index is 942.